The van der Waals surface area contributed by atoms with Crippen LogP contribution >= 0.6 is 0 Å². The molecule has 0 fully saturated rings. The Hall–Kier alpha value is -4.14. The lowest BCUT2D eigenvalue weighted by atomic mass is 10.1. The molecule has 0 radical (unpaired) electrons. The summed E-state index contributed by atoms with van der Waals surface area (Å²) in [6, 6.07) is 8.80. The lowest BCUT2D eigenvalue weighted by Gasteiger charge is -2.01. The SMILES string of the molecule is C=CCn1c(O)c2ccc(C(=O)N=NC(=O)c3ccc4c(c3)OCO4)cc2c1O. The normalized spacial score (nSPS) is 12.6. The van der Waals surface area contributed by atoms with E-state index in [4.69, 9.17) is 9.47 Å². The highest BCUT2D eigenvalue weighted by Gasteiger charge is 2.18. The summed E-state index contributed by atoms with van der Waals surface area (Å²) < 4.78 is 11.6. The van der Waals surface area contributed by atoms with Crippen molar-refractivity contribution >= 4 is 22.6 Å². The van der Waals surface area contributed by atoms with E-state index in [1.54, 1.807) is 6.07 Å². The molecule has 1 aliphatic heterocycles. The number of allylic oxidation sites excluding steroid dienone is 1. The third-order valence-corrected chi connectivity index (χ3v) is 4.42. The number of hydrogen-bond donors (Lipinski definition) is 2. The molecule has 0 saturated heterocycles. The van der Waals surface area contributed by atoms with Crippen LogP contribution in [0.4, 0.5) is 0 Å². The van der Waals surface area contributed by atoms with Crippen LogP contribution in [0.25, 0.3) is 10.8 Å². The van der Waals surface area contributed by atoms with Crippen LogP contribution in [0.2, 0.25) is 0 Å². The highest BCUT2D eigenvalue weighted by atomic mass is 16.7. The lowest BCUT2D eigenvalue weighted by Crippen LogP contribution is -1.98. The Morgan fingerprint density at radius 3 is 2.31 bits per heavy atom. The quantitative estimate of drug-likeness (QED) is 0.517. The van der Waals surface area contributed by atoms with Gasteiger partial charge in [-0.15, -0.1) is 16.8 Å². The topological polar surface area (TPSA) is 123 Å². The van der Waals surface area contributed by atoms with E-state index in [2.05, 4.69) is 16.8 Å². The van der Waals surface area contributed by atoms with E-state index in [-0.39, 0.29) is 41.6 Å². The zero-order chi connectivity index (χ0) is 20.5. The van der Waals surface area contributed by atoms with Crippen LogP contribution in [0.15, 0.2) is 59.3 Å². The minimum Gasteiger partial charge on any atom is -0.494 e. The third kappa shape index (κ3) is 3.18. The largest absolute Gasteiger partial charge is 0.494 e. The van der Waals surface area contributed by atoms with Crippen molar-refractivity contribution < 1.29 is 29.3 Å². The number of amides is 2. The molecular weight excluding hydrogens is 378 g/mol. The number of carbonyl (C=O) groups is 2. The van der Waals surface area contributed by atoms with Crippen LogP contribution in [0, 0.1) is 0 Å². The summed E-state index contributed by atoms with van der Waals surface area (Å²) in [5.74, 6) is -0.889. The second kappa shape index (κ2) is 7.12. The molecule has 0 spiro atoms. The summed E-state index contributed by atoms with van der Waals surface area (Å²) in [5, 5.41) is 28.0. The van der Waals surface area contributed by atoms with E-state index >= 15 is 0 Å². The van der Waals surface area contributed by atoms with Gasteiger partial charge in [0, 0.05) is 28.4 Å². The molecule has 146 valence electrons. The molecular formula is C20H15N3O6. The number of azo groups is 1. The molecule has 2 amide bonds. The highest BCUT2D eigenvalue weighted by Crippen LogP contribution is 2.37. The lowest BCUT2D eigenvalue weighted by molar-refractivity contribution is 0.0946. The maximum absolute atomic E-state index is 12.3. The molecule has 3 aromatic rings. The van der Waals surface area contributed by atoms with Crippen LogP contribution in [0.1, 0.15) is 20.7 Å². The molecule has 0 saturated carbocycles. The first kappa shape index (κ1) is 18.2. The van der Waals surface area contributed by atoms with Gasteiger partial charge < -0.3 is 19.7 Å². The zero-order valence-corrected chi connectivity index (χ0v) is 15.0. The monoisotopic (exact) mass is 393 g/mol. The van der Waals surface area contributed by atoms with Gasteiger partial charge in [0.15, 0.2) is 11.5 Å². The van der Waals surface area contributed by atoms with Crippen molar-refractivity contribution in [3.63, 3.8) is 0 Å². The van der Waals surface area contributed by atoms with Gasteiger partial charge in [-0.1, -0.05) is 6.08 Å². The molecule has 0 unspecified atom stereocenters. The van der Waals surface area contributed by atoms with Crippen LogP contribution in [-0.2, 0) is 6.54 Å². The number of hydrogen-bond acceptors (Lipinski definition) is 6. The Morgan fingerprint density at radius 2 is 1.59 bits per heavy atom. The van der Waals surface area contributed by atoms with E-state index in [0.29, 0.717) is 16.9 Å². The van der Waals surface area contributed by atoms with E-state index in [9.17, 15) is 19.8 Å². The van der Waals surface area contributed by atoms with Crippen molar-refractivity contribution in [3.8, 4) is 23.3 Å². The molecule has 29 heavy (non-hydrogen) atoms. The first-order valence-electron chi connectivity index (χ1n) is 8.54. The number of ether oxygens (including phenoxy) is 2. The minimum absolute atomic E-state index is 0.0758. The van der Waals surface area contributed by atoms with Crippen molar-refractivity contribution in [1.29, 1.82) is 0 Å². The van der Waals surface area contributed by atoms with Crippen molar-refractivity contribution in [2.24, 2.45) is 10.2 Å². The Kier molecular flexibility index (Phi) is 4.47. The smallest absolute Gasteiger partial charge is 0.295 e. The standard InChI is InChI=1S/C20H15N3O6/c1-2-7-23-19(26)13-5-3-11(8-14(13)20(23)27)17(24)21-22-18(25)12-4-6-15-16(9-12)29-10-28-15/h2-6,8-9,26-27H,1,7,10H2. The third-order valence-electron chi connectivity index (χ3n) is 4.42. The fourth-order valence-electron chi connectivity index (χ4n) is 2.99. The molecule has 9 nitrogen and oxygen atoms in total. The predicted molar refractivity (Wildman–Crippen MR) is 102 cm³/mol. The first-order valence-corrected chi connectivity index (χ1v) is 8.54. The summed E-state index contributed by atoms with van der Waals surface area (Å²) in [4.78, 5) is 24.5. The number of nitrogens with zero attached hydrogens (tertiary/aromatic N) is 3. The van der Waals surface area contributed by atoms with E-state index in [0.717, 1.165) is 0 Å². The fraction of sp³-hybridized carbons (Fsp3) is 0.100. The fourth-order valence-corrected chi connectivity index (χ4v) is 2.99. The summed E-state index contributed by atoms with van der Waals surface area (Å²) in [6.07, 6.45) is 1.51. The van der Waals surface area contributed by atoms with Gasteiger partial charge in [0.2, 0.25) is 18.6 Å². The minimum atomic E-state index is -0.767. The molecule has 4 rings (SSSR count). The Bertz CT molecular complexity index is 1190. The van der Waals surface area contributed by atoms with E-state index in [1.165, 1.54) is 41.0 Å². The maximum atomic E-state index is 12.3. The zero-order valence-electron chi connectivity index (χ0n) is 15.0. The number of rotatable bonds is 4. The molecule has 0 aliphatic carbocycles. The number of fused-ring (bicyclic) bond motifs is 2. The van der Waals surface area contributed by atoms with Gasteiger partial charge in [-0.25, -0.2) is 0 Å². The first-order chi connectivity index (χ1) is 14.0. The van der Waals surface area contributed by atoms with Gasteiger partial charge in [0.05, 0.1) is 0 Å². The van der Waals surface area contributed by atoms with Gasteiger partial charge in [0.1, 0.15) is 0 Å². The second-order valence-electron chi connectivity index (χ2n) is 6.19. The predicted octanol–water partition coefficient (Wildman–Crippen LogP) is 3.40. The molecule has 1 aromatic heterocycles. The van der Waals surface area contributed by atoms with Gasteiger partial charge in [0.25, 0.3) is 11.8 Å². The average molecular weight is 393 g/mol. The molecule has 2 heterocycles. The van der Waals surface area contributed by atoms with Crippen molar-refractivity contribution in [1.82, 2.24) is 4.57 Å². The molecule has 2 aromatic carbocycles. The molecule has 1 aliphatic rings. The van der Waals surface area contributed by atoms with Crippen LogP contribution < -0.4 is 9.47 Å². The van der Waals surface area contributed by atoms with Gasteiger partial charge in [-0.05, 0) is 36.4 Å². The second-order valence-corrected chi connectivity index (χ2v) is 6.19. The molecule has 0 atom stereocenters. The molecule has 2 N–H and O–H groups in total. The molecule has 9 heteroatoms. The summed E-state index contributed by atoms with van der Waals surface area (Å²) in [6.45, 7) is 3.84. The van der Waals surface area contributed by atoms with E-state index in [1.807, 2.05) is 0 Å². The Balaban J connectivity index is 1.57. The van der Waals surface area contributed by atoms with Crippen LogP contribution in [-0.4, -0.2) is 33.4 Å². The summed E-state index contributed by atoms with van der Waals surface area (Å²) >= 11 is 0. The number of benzene rings is 2. The van der Waals surface area contributed by atoms with Gasteiger partial charge in [-0.3, -0.25) is 14.2 Å². The van der Waals surface area contributed by atoms with E-state index < -0.39 is 11.8 Å². The van der Waals surface area contributed by atoms with Crippen LogP contribution in [0.5, 0.6) is 23.3 Å². The van der Waals surface area contributed by atoms with Crippen LogP contribution in [0.3, 0.4) is 0 Å². The molecule has 0 bridgehead atoms. The van der Waals surface area contributed by atoms with Gasteiger partial charge >= 0.3 is 0 Å². The average Bonchev–Trinajstić information content (AvgIpc) is 3.30. The van der Waals surface area contributed by atoms with Crippen molar-refractivity contribution in [3.05, 3.63) is 60.2 Å². The Morgan fingerprint density at radius 1 is 0.966 bits per heavy atom. The number of aromatic hydroxyl groups is 2. The van der Waals surface area contributed by atoms with Crippen molar-refractivity contribution in [2.75, 3.05) is 6.79 Å². The highest BCUT2D eigenvalue weighted by molar-refractivity contribution is 6.03. The number of carbonyl (C=O) groups excluding carboxylic acids is 2. The van der Waals surface area contributed by atoms with Gasteiger partial charge in [-0.2, -0.15) is 0 Å². The Labute approximate surface area is 164 Å². The maximum Gasteiger partial charge on any atom is 0.295 e. The summed E-state index contributed by atoms with van der Waals surface area (Å²) in [7, 11) is 0. The summed E-state index contributed by atoms with van der Waals surface area (Å²) in [5.41, 5.74) is 0.302. The number of aromatic nitrogens is 1. The van der Waals surface area contributed by atoms with Crippen molar-refractivity contribution in [2.45, 2.75) is 6.54 Å².